The van der Waals surface area contributed by atoms with Crippen LogP contribution >= 0.6 is 22.6 Å². The van der Waals surface area contributed by atoms with Crippen LogP contribution < -0.4 is 9.62 Å². The van der Waals surface area contributed by atoms with Crippen molar-refractivity contribution in [2.24, 2.45) is 5.41 Å². The van der Waals surface area contributed by atoms with E-state index < -0.39 is 11.4 Å². The molecule has 3 aliphatic heterocycles. The van der Waals surface area contributed by atoms with Crippen molar-refractivity contribution in [3.63, 3.8) is 0 Å². The topological polar surface area (TPSA) is 109 Å². The summed E-state index contributed by atoms with van der Waals surface area (Å²) in [7, 11) is 0. The zero-order valence-electron chi connectivity index (χ0n) is 21.0. The van der Waals surface area contributed by atoms with Crippen LogP contribution in [0.1, 0.15) is 70.8 Å². The van der Waals surface area contributed by atoms with Gasteiger partial charge in [0.2, 0.25) is 0 Å². The van der Waals surface area contributed by atoms with E-state index in [2.05, 4.69) is 48.1 Å². The van der Waals surface area contributed by atoms with E-state index in [1.165, 1.54) is 0 Å². The minimum absolute atomic E-state index is 0.0160. The Morgan fingerprint density at radius 3 is 2.78 bits per heavy atom. The summed E-state index contributed by atoms with van der Waals surface area (Å²) < 4.78 is 27.1. The number of nitrogens with one attached hydrogen (secondary N) is 1. The fraction of sp³-hybridized carbons (Fsp3) is 0.667. The monoisotopic (exact) mass is 624 g/mol. The van der Waals surface area contributed by atoms with Crippen molar-refractivity contribution in [3.8, 4) is 0 Å². The summed E-state index contributed by atoms with van der Waals surface area (Å²) in [5.74, 6) is 0.879. The Morgan fingerprint density at radius 2 is 2.06 bits per heavy atom. The highest BCUT2D eigenvalue weighted by Crippen LogP contribution is 2.50. The van der Waals surface area contributed by atoms with Crippen molar-refractivity contribution in [1.82, 2.24) is 34.3 Å². The number of ether oxygens (including phenoxy) is 1. The van der Waals surface area contributed by atoms with Crippen LogP contribution in [-0.4, -0.2) is 58.5 Å². The number of hydrogen-bond donors (Lipinski definition) is 1. The summed E-state index contributed by atoms with van der Waals surface area (Å²) in [5.41, 5.74) is 2.74. The molecule has 6 rings (SSSR count). The molecule has 0 amide bonds. The van der Waals surface area contributed by atoms with E-state index in [1.807, 2.05) is 37.8 Å². The molecular formula is C24H33IN8O2S. The minimum atomic E-state index is -1.16. The van der Waals surface area contributed by atoms with Crippen molar-refractivity contribution in [1.29, 1.82) is 0 Å². The molecule has 2 fully saturated rings. The van der Waals surface area contributed by atoms with Gasteiger partial charge in [-0.05, 0) is 81.5 Å². The van der Waals surface area contributed by atoms with Crippen LogP contribution in [0.3, 0.4) is 0 Å². The van der Waals surface area contributed by atoms with Gasteiger partial charge in [-0.1, -0.05) is 0 Å². The highest BCUT2D eigenvalue weighted by Gasteiger charge is 2.51. The van der Waals surface area contributed by atoms with Crippen molar-refractivity contribution >= 4 is 50.9 Å². The summed E-state index contributed by atoms with van der Waals surface area (Å²) in [6.07, 6.45) is 8.74. The van der Waals surface area contributed by atoms with Gasteiger partial charge in [0, 0.05) is 49.2 Å². The van der Waals surface area contributed by atoms with Gasteiger partial charge in [0.1, 0.15) is 22.1 Å². The Balaban J connectivity index is 1.23. The van der Waals surface area contributed by atoms with Gasteiger partial charge in [0.05, 0.1) is 11.9 Å². The fourth-order valence-electron chi connectivity index (χ4n) is 5.66. The third-order valence-electron chi connectivity index (χ3n) is 7.76. The molecule has 0 saturated carbocycles. The number of piperidine rings is 1. The first-order valence-corrected chi connectivity index (χ1v) is 15.0. The van der Waals surface area contributed by atoms with Crippen LogP contribution in [0.15, 0.2) is 18.5 Å². The molecule has 0 bridgehead atoms. The molecule has 1 spiro atoms. The average molecular weight is 625 g/mol. The lowest BCUT2D eigenvalue weighted by Crippen LogP contribution is -2.50. The Kier molecular flexibility index (Phi) is 6.46. The second-order valence-electron chi connectivity index (χ2n) is 11.2. The quantitative estimate of drug-likeness (QED) is 0.346. The van der Waals surface area contributed by atoms with Gasteiger partial charge >= 0.3 is 0 Å². The number of rotatable bonds is 4. The molecule has 2 saturated heterocycles. The first-order valence-electron chi connectivity index (χ1n) is 12.7. The van der Waals surface area contributed by atoms with Gasteiger partial charge in [-0.15, -0.1) is 4.72 Å². The molecule has 2 unspecified atom stereocenters. The van der Waals surface area contributed by atoms with Crippen LogP contribution in [0.5, 0.6) is 0 Å². The molecule has 10 nitrogen and oxygen atoms in total. The molecular weight excluding hydrogens is 591 g/mol. The molecule has 1 N–H and O–H groups in total. The van der Waals surface area contributed by atoms with Crippen molar-refractivity contribution < 1.29 is 9.29 Å². The van der Waals surface area contributed by atoms with E-state index in [0.29, 0.717) is 0 Å². The standard InChI is InChI=1S/C24H33IN8O2S/c1-23(2,3)36(34)30-20-16-7-10-27-32(16)15-24(20)8-11-31(12-9-24)17-14-26-19-21(25)29-33(22(19)28-17)18-6-4-5-13-35-18/h7,10,14,18,20,30H,4-6,8-9,11-13,15H2,1-3H3/t18?,20-,36?/m1/s1. The Morgan fingerprint density at radius 1 is 1.25 bits per heavy atom. The number of anilines is 1. The maximum Gasteiger partial charge on any atom is 0.182 e. The first kappa shape index (κ1) is 24.8. The van der Waals surface area contributed by atoms with Crippen LogP contribution in [0.4, 0.5) is 5.82 Å². The molecule has 3 atom stereocenters. The number of nitrogens with zero attached hydrogens (tertiary/aromatic N) is 7. The number of hydrogen-bond acceptors (Lipinski definition) is 8. The molecule has 3 aliphatic rings. The molecule has 6 heterocycles. The molecule has 194 valence electrons. The average Bonchev–Trinajstić information content (AvgIpc) is 3.53. The Hall–Kier alpha value is -1.48. The van der Waals surface area contributed by atoms with Crippen molar-refractivity contribution in [2.75, 3.05) is 24.6 Å². The van der Waals surface area contributed by atoms with E-state index in [0.717, 1.165) is 84.7 Å². The number of aromatic nitrogens is 6. The first-order chi connectivity index (χ1) is 17.2. The third kappa shape index (κ3) is 4.32. The second-order valence-corrected chi connectivity index (χ2v) is 14.2. The zero-order chi connectivity index (χ0) is 25.1. The number of halogens is 1. The lowest BCUT2D eigenvalue weighted by molar-refractivity contribution is -0.0372. The maximum absolute atomic E-state index is 13.1. The summed E-state index contributed by atoms with van der Waals surface area (Å²) in [4.78, 5) is 12.1. The normalized spacial score (nSPS) is 25.0. The molecule has 36 heavy (non-hydrogen) atoms. The summed E-state index contributed by atoms with van der Waals surface area (Å²) in [6, 6.07) is 2.08. The predicted molar refractivity (Wildman–Crippen MR) is 147 cm³/mol. The highest BCUT2D eigenvalue weighted by molar-refractivity contribution is 14.1. The van der Waals surface area contributed by atoms with Crippen LogP contribution in [0.2, 0.25) is 0 Å². The van der Waals surface area contributed by atoms with Crippen LogP contribution in [-0.2, 0) is 22.6 Å². The van der Waals surface area contributed by atoms with Gasteiger partial charge in [-0.25, -0.2) is 14.6 Å². The third-order valence-corrected chi connectivity index (χ3v) is 10.1. The fourth-order valence-corrected chi connectivity index (χ4v) is 7.21. The van der Waals surface area contributed by atoms with E-state index in [9.17, 15) is 4.55 Å². The van der Waals surface area contributed by atoms with Gasteiger partial charge < -0.3 is 14.2 Å². The highest BCUT2D eigenvalue weighted by atomic mass is 127. The van der Waals surface area contributed by atoms with E-state index in [-0.39, 0.29) is 22.4 Å². The smallest absolute Gasteiger partial charge is 0.182 e. The van der Waals surface area contributed by atoms with Crippen molar-refractivity contribution in [3.05, 3.63) is 27.9 Å². The van der Waals surface area contributed by atoms with E-state index >= 15 is 0 Å². The summed E-state index contributed by atoms with van der Waals surface area (Å²) in [5, 5.41) is 9.27. The SMILES string of the molecule is CC(C)(C)[S+]([O-])N[C@@H]1c2ccnn2CC12CCN(c1cnc3c(I)nn(C4CCCCO4)c3n1)CC2. The Bertz CT molecular complexity index is 1240. The molecule has 3 aromatic heterocycles. The van der Waals surface area contributed by atoms with E-state index in [4.69, 9.17) is 19.8 Å². The van der Waals surface area contributed by atoms with Gasteiger partial charge in [-0.2, -0.15) is 10.2 Å². The zero-order valence-corrected chi connectivity index (χ0v) is 24.0. The van der Waals surface area contributed by atoms with Gasteiger partial charge in [0.25, 0.3) is 0 Å². The van der Waals surface area contributed by atoms with Crippen LogP contribution in [0.25, 0.3) is 11.2 Å². The molecule has 0 radical (unpaired) electrons. The Labute approximate surface area is 228 Å². The maximum atomic E-state index is 13.1. The molecule has 3 aromatic rings. The van der Waals surface area contributed by atoms with Gasteiger partial charge in [0.15, 0.2) is 15.6 Å². The molecule has 12 heteroatoms. The van der Waals surface area contributed by atoms with Gasteiger partial charge in [-0.3, -0.25) is 4.68 Å². The lowest BCUT2D eigenvalue weighted by Gasteiger charge is -2.43. The largest absolute Gasteiger partial charge is 0.598 e. The predicted octanol–water partition coefficient (Wildman–Crippen LogP) is 3.72. The van der Waals surface area contributed by atoms with Crippen molar-refractivity contribution in [2.45, 2.75) is 76.4 Å². The second kappa shape index (κ2) is 9.37. The summed E-state index contributed by atoms with van der Waals surface area (Å²) in [6.45, 7) is 9.35. The van der Waals surface area contributed by atoms with Crippen LogP contribution in [0, 0.1) is 9.12 Å². The molecule has 0 aromatic carbocycles. The van der Waals surface area contributed by atoms with E-state index in [1.54, 1.807) is 0 Å². The number of fused-ring (bicyclic) bond motifs is 2. The summed E-state index contributed by atoms with van der Waals surface area (Å²) >= 11 is 1.08. The lowest BCUT2D eigenvalue weighted by atomic mass is 9.73. The minimum Gasteiger partial charge on any atom is -0.598 e. The molecule has 0 aliphatic carbocycles.